The van der Waals surface area contributed by atoms with E-state index in [-0.39, 0.29) is 22.3 Å². The molecule has 4 aromatic rings. The van der Waals surface area contributed by atoms with Gasteiger partial charge in [0.15, 0.2) is 0 Å². The van der Waals surface area contributed by atoms with E-state index in [0.717, 1.165) is 28.6 Å². The zero-order valence-corrected chi connectivity index (χ0v) is 23.3. The van der Waals surface area contributed by atoms with Crippen LogP contribution in [0.3, 0.4) is 0 Å². The number of carbonyl (C=O) groups is 1. The lowest BCUT2D eigenvalue weighted by atomic mass is 10.2. The predicted molar refractivity (Wildman–Crippen MR) is 160 cm³/mol. The number of nitrogens with zero attached hydrogens (tertiary/aromatic N) is 5. The van der Waals surface area contributed by atoms with Crippen LogP contribution in [0.4, 0.5) is 5.69 Å². The molecule has 10 heteroatoms. The van der Waals surface area contributed by atoms with Gasteiger partial charge in [-0.15, -0.1) is 5.10 Å². The first kappa shape index (κ1) is 26.8. The average molecular weight is 554 g/mol. The topological polar surface area (TPSA) is 90.4 Å². The highest BCUT2D eigenvalue weighted by Crippen LogP contribution is 2.36. The normalized spacial score (nSPS) is 15.5. The molecule has 1 fully saturated rings. The third-order valence-electron chi connectivity index (χ3n) is 6.43. The van der Waals surface area contributed by atoms with E-state index in [9.17, 15) is 9.59 Å². The number of anilines is 1. The molecule has 1 aromatic heterocycles. The minimum Gasteiger partial charge on any atom is -0.497 e. The Bertz CT molecular complexity index is 1690. The SMILES string of the molecule is COc1ccc(C=NN=C2SC(=Cc3ccc(OC)cc3)C(=O)N2c2c(C)n(C)n(-c3ccccc3)c2=O)cc1. The van der Waals surface area contributed by atoms with Gasteiger partial charge in [0.2, 0.25) is 5.17 Å². The quantitative estimate of drug-likeness (QED) is 0.182. The highest BCUT2D eigenvalue weighted by molar-refractivity contribution is 8.19. The van der Waals surface area contributed by atoms with Gasteiger partial charge >= 0.3 is 0 Å². The summed E-state index contributed by atoms with van der Waals surface area (Å²) in [7, 11) is 4.99. The van der Waals surface area contributed by atoms with Crippen molar-refractivity contribution in [1.29, 1.82) is 0 Å². The van der Waals surface area contributed by atoms with Crippen molar-refractivity contribution in [3.8, 4) is 17.2 Å². The van der Waals surface area contributed by atoms with Crippen LogP contribution in [0.1, 0.15) is 16.8 Å². The Morgan fingerprint density at radius 2 is 1.43 bits per heavy atom. The number of rotatable bonds is 7. The molecule has 2 heterocycles. The molecule has 9 nitrogen and oxygen atoms in total. The molecule has 202 valence electrons. The Balaban J connectivity index is 1.58. The molecule has 0 bridgehead atoms. The summed E-state index contributed by atoms with van der Waals surface area (Å²) in [5.41, 5.74) is 2.81. The van der Waals surface area contributed by atoms with Gasteiger partial charge in [-0.1, -0.05) is 30.3 Å². The van der Waals surface area contributed by atoms with Crippen LogP contribution in [-0.4, -0.2) is 40.9 Å². The molecule has 0 atom stereocenters. The summed E-state index contributed by atoms with van der Waals surface area (Å²) < 4.78 is 13.7. The largest absolute Gasteiger partial charge is 0.497 e. The van der Waals surface area contributed by atoms with Crippen molar-refractivity contribution in [3.63, 3.8) is 0 Å². The van der Waals surface area contributed by atoms with Gasteiger partial charge in [-0.2, -0.15) is 5.10 Å². The van der Waals surface area contributed by atoms with Crippen LogP contribution in [0, 0.1) is 6.92 Å². The Hall–Kier alpha value is -4.83. The molecule has 3 aromatic carbocycles. The van der Waals surface area contributed by atoms with Crippen molar-refractivity contribution >= 4 is 40.8 Å². The Morgan fingerprint density at radius 3 is 2.02 bits per heavy atom. The van der Waals surface area contributed by atoms with Gasteiger partial charge < -0.3 is 9.47 Å². The minimum absolute atomic E-state index is 0.223. The summed E-state index contributed by atoms with van der Waals surface area (Å²) in [6.07, 6.45) is 3.35. The summed E-state index contributed by atoms with van der Waals surface area (Å²) in [6.45, 7) is 1.80. The zero-order valence-electron chi connectivity index (χ0n) is 22.4. The maximum absolute atomic E-state index is 13.8. The summed E-state index contributed by atoms with van der Waals surface area (Å²) in [6, 6.07) is 24.0. The molecular formula is C30H27N5O4S. The highest BCUT2D eigenvalue weighted by atomic mass is 32.2. The molecule has 40 heavy (non-hydrogen) atoms. The lowest BCUT2D eigenvalue weighted by Gasteiger charge is -2.13. The number of amidine groups is 1. The van der Waals surface area contributed by atoms with E-state index in [1.165, 1.54) is 9.58 Å². The molecule has 0 aliphatic carbocycles. The molecule has 0 spiro atoms. The molecule has 0 saturated carbocycles. The number of hydrogen-bond donors (Lipinski definition) is 0. The second kappa shape index (κ2) is 11.5. The van der Waals surface area contributed by atoms with Crippen molar-refractivity contribution in [2.45, 2.75) is 6.92 Å². The fourth-order valence-electron chi connectivity index (χ4n) is 4.24. The molecule has 0 radical (unpaired) electrons. The van der Waals surface area contributed by atoms with E-state index in [1.54, 1.807) is 45.2 Å². The van der Waals surface area contributed by atoms with Crippen LogP contribution in [0.5, 0.6) is 11.5 Å². The van der Waals surface area contributed by atoms with Gasteiger partial charge in [-0.05, 0) is 84.4 Å². The molecular weight excluding hydrogens is 526 g/mol. The smallest absolute Gasteiger partial charge is 0.296 e. The summed E-state index contributed by atoms with van der Waals surface area (Å²) in [5, 5.41) is 8.91. The Morgan fingerprint density at radius 1 is 0.825 bits per heavy atom. The molecule has 5 rings (SSSR count). The molecule has 1 aliphatic rings. The third kappa shape index (κ3) is 5.21. The lowest BCUT2D eigenvalue weighted by Crippen LogP contribution is -2.33. The van der Waals surface area contributed by atoms with Crippen molar-refractivity contribution < 1.29 is 14.3 Å². The number of aromatic nitrogens is 2. The fraction of sp³-hybridized carbons (Fsp3) is 0.133. The van der Waals surface area contributed by atoms with Crippen LogP contribution in [0.15, 0.2) is 98.8 Å². The first-order valence-electron chi connectivity index (χ1n) is 12.4. The standard InChI is InChI=1S/C30H27N5O4S/c1-20-27(29(37)35(33(20)2)23-8-6-5-7-9-23)34-28(36)26(18-21-10-14-24(38-3)15-11-21)40-30(34)32-31-19-22-12-16-25(39-4)17-13-22/h5-19H,1-4H3. The monoisotopic (exact) mass is 553 g/mol. The first-order valence-corrected chi connectivity index (χ1v) is 13.2. The second-order valence-electron chi connectivity index (χ2n) is 8.83. The van der Waals surface area contributed by atoms with Crippen LogP contribution in [0.25, 0.3) is 11.8 Å². The van der Waals surface area contributed by atoms with Crippen LogP contribution in [0.2, 0.25) is 0 Å². The van der Waals surface area contributed by atoms with Crippen LogP contribution in [-0.2, 0) is 11.8 Å². The van der Waals surface area contributed by atoms with Crippen molar-refractivity contribution in [3.05, 3.63) is 111 Å². The van der Waals surface area contributed by atoms with E-state index in [0.29, 0.717) is 22.0 Å². The number of carbonyl (C=O) groups excluding carboxylic acids is 1. The second-order valence-corrected chi connectivity index (χ2v) is 9.84. The number of para-hydroxylation sites is 1. The van der Waals surface area contributed by atoms with E-state index in [1.807, 2.05) is 78.9 Å². The molecule has 1 aliphatic heterocycles. The number of amides is 1. The highest BCUT2D eigenvalue weighted by Gasteiger charge is 2.39. The number of thioether (sulfide) groups is 1. The van der Waals surface area contributed by atoms with Gasteiger partial charge in [0.05, 0.1) is 36.7 Å². The van der Waals surface area contributed by atoms with Gasteiger partial charge in [0.1, 0.15) is 17.2 Å². The van der Waals surface area contributed by atoms with Gasteiger partial charge in [-0.3, -0.25) is 14.3 Å². The van der Waals surface area contributed by atoms with E-state index in [4.69, 9.17) is 9.47 Å². The number of hydrogen-bond acceptors (Lipinski definition) is 7. The molecule has 0 unspecified atom stereocenters. The zero-order chi connectivity index (χ0) is 28.2. The van der Waals surface area contributed by atoms with Crippen molar-refractivity contribution in [2.75, 3.05) is 19.1 Å². The lowest BCUT2D eigenvalue weighted by molar-refractivity contribution is -0.113. The first-order chi connectivity index (χ1) is 19.4. The Labute approximate surface area is 235 Å². The molecule has 0 N–H and O–H groups in total. The van der Waals surface area contributed by atoms with Crippen LogP contribution < -0.4 is 19.9 Å². The van der Waals surface area contributed by atoms with Crippen molar-refractivity contribution in [1.82, 2.24) is 9.36 Å². The van der Waals surface area contributed by atoms with Crippen molar-refractivity contribution in [2.24, 2.45) is 17.3 Å². The molecule has 1 saturated heterocycles. The Kier molecular flexibility index (Phi) is 7.70. The predicted octanol–water partition coefficient (Wildman–Crippen LogP) is 5.01. The molecule has 1 amide bonds. The van der Waals surface area contributed by atoms with Gasteiger partial charge in [0.25, 0.3) is 11.5 Å². The van der Waals surface area contributed by atoms with Gasteiger partial charge in [-0.25, -0.2) is 9.58 Å². The van der Waals surface area contributed by atoms with Crippen LogP contribution >= 0.6 is 11.8 Å². The summed E-state index contributed by atoms with van der Waals surface area (Å²) in [5.74, 6) is 1.09. The number of benzene rings is 3. The summed E-state index contributed by atoms with van der Waals surface area (Å²) >= 11 is 1.16. The third-order valence-corrected chi connectivity index (χ3v) is 7.39. The van der Waals surface area contributed by atoms with E-state index >= 15 is 0 Å². The van der Waals surface area contributed by atoms with E-state index in [2.05, 4.69) is 10.2 Å². The summed E-state index contributed by atoms with van der Waals surface area (Å²) in [4.78, 5) is 29.4. The number of ether oxygens (including phenoxy) is 2. The number of methoxy groups -OCH3 is 2. The maximum Gasteiger partial charge on any atom is 0.296 e. The van der Waals surface area contributed by atoms with Gasteiger partial charge in [0, 0.05) is 7.05 Å². The average Bonchev–Trinajstić information content (AvgIpc) is 3.39. The maximum atomic E-state index is 13.8. The minimum atomic E-state index is -0.356. The fourth-order valence-corrected chi connectivity index (χ4v) is 5.16. The van der Waals surface area contributed by atoms with E-state index < -0.39 is 0 Å².